The van der Waals surface area contributed by atoms with Crippen LogP contribution in [0.3, 0.4) is 0 Å². The van der Waals surface area contributed by atoms with Gasteiger partial charge in [0.1, 0.15) is 5.78 Å². The summed E-state index contributed by atoms with van der Waals surface area (Å²) < 4.78 is 0. The molecule has 202 valence electrons. The van der Waals surface area contributed by atoms with Crippen molar-refractivity contribution in [3.05, 3.63) is 0 Å². The zero-order valence-corrected chi connectivity index (χ0v) is 23.6. The summed E-state index contributed by atoms with van der Waals surface area (Å²) >= 11 is 0. The van der Waals surface area contributed by atoms with Crippen molar-refractivity contribution >= 4 is 17.3 Å². The van der Waals surface area contributed by atoms with Gasteiger partial charge < -0.3 is 10.2 Å². The van der Waals surface area contributed by atoms with Gasteiger partial charge in [0.25, 0.3) is 0 Å². The van der Waals surface area contributed by atoms with E-state index in [1.165, 1.54) is 0 Å². The minimum absolute atomic E-state index is 0.0127. The van der Waals surface area contributed by atoms with Gasteiger partial charge in [-0.2, -0.15) is 0 Å². The summed E-state index contributed by atoms with van der Waals surface area (Å²) in [4.78, 5) is 39.9. The van der Waals surface area contributed by atoms with Crippen LogP contribution in [0.2, 0.25) is 0 Å². The lowest BCUT2D eigenvalue weighted by atomic mass is 9.43. The molecule has 0 aromatic rings. The minimum Gasteiger partial charge on any atom is -0.390 e. The molecular weight excluding hydrogens is 452 g/mol. The lowest BCUT2D eigenvalue weighted by molar-refractivity contribution is -0.166. The van der Waals surface area contributed by atoms with Crippen LogP contribution >= 0.6 is 0 Å². The molecule has 5 fully saturated rings. The number of carbonyl (C=O) groups is 3. The van der Waals surface area contributed by atoms with E-state index in [0.29, 0.717) is 24.2 Å². The van der Waals surface area contributed by atoms with Gasteiger partial charge in [-0.25, -0.2) is 0 Å². The molecule has 5 saturated carbocycles. The molecule has 0 radical (unpaired) electrons. The van der Waals surface area contributed by atoms with Crippen molar-refractivity contribution in [2.45, 2.75) is 99.7 Å². The van der Waals surface area contributed by atoms with Gasteiger partial charge in [-0.05, 0) is 83.4 Å². The summed E-state index contributed by atoms with van der Waals surface area (Å²) in [7, 11) is 0. The zero-order valence-electron chi connectivity index (χ0n) is 23.6. The molecular formula is C31H48O5. The molecule has 2 unspecified atom stereocenters. The first-order valence-corrected chi connectivity index (χ1v) is 14.6. The Labute approximate surface area is 217 Å². The van der Waals surface area contributed by atoms with Gasteiger partial charge >= 0.3 is 0 Å². The van der Waals surface area contributed by atoms with Gasteiger partial charge in [0.15, 0.2) is 0 Å². The lowest BCUT2D eigenvalue weighted by Gasteiger charge is -2.59. The summed E-state index contributed by atoms with van der Waals surface area (Å²) in [5, 5.41) is 22.1. The number of aliphatic hydroxyl groups is 2. The van der Waals surface area contributed by atoms with E-state index >= 15 is 0 Å². The third-order valence-corrected chi connectivity index (χ3v) is 13.2. The number of Topliss-reactive ketones (excluding diaryl/α,β-unsaturated/α-hetero) is 3. The van der Waals surface area contributed by atoms with Crippen LogP contribution in [0.25, 0.3) is 0 Å². The van der Waals surface area contributed by atoms with Crippen LogP contribution in [0.4, 0.5) is 0 Å². The third kappa shape index (κ3) is 3.11. The van der Waals surface area contributed by atoms with Crippen LogP contribution in [0, 0.1) is 75.4 Å². The normalized spacial score (nSPS) is 48.4. The number of carbonyl (C=O) groups excluding carboxylic acids is 3. The van der Waals surface area contributed by atoms with Gasteiger partial charge in [-0.15, -0.1) is 0 Å². The first-order chi connectivity index (χ1) is 16.6. The summed E-state index contributed by atoms with van der Waals surface area (Å²) in [6.45, 7) is 16.9. The highest BCUT2D eigenvalue weighted by Gasteiger charge is 2.78. The monoisotopic (exact) mass is 500 g/mol. The van der Waals surface area contributed by atoms with Crippen LogP contribution < -0.4 is 0 Å². The van der Waals surface area contributed by atoms with Crippen molar-refractivity contribution in [2.24, 2.45) is 75.4 Å². The molecule has 0 spiro atoms. The van der Waals surface area contributed by atoms with E-state index < -0.39 is 29.0 Å². The second-order valence-electron chi connectivity index (χ2n) is 15.0. The van der Waals surface area contributed by atoms with E-state index in [2.05, 4.69) is 34.6 Å². The van der Waals surface area contributed by atoms with Crippen LogP contribution in [0.1, 0.15) is 87.5 Å². The van der Waals surface area contributed by atoms with E-state index in [-0.39, 0.29) is 58.3 Å². The largest absolute Gasteiger partial charge is 0.390 e. The van der Waals surface area contributed by atoms with E-state index in [4.69, 9.17) is 0 Å². The van der Waals surface area contributed by atoms with Crippen LogP contribution in [-0.4, -0.2) is 39.8 Å². The van der Waals surface area contributed by atoms with Crippen molar-refractivity contribution in [2.75, 3.05) is 0 Å². The van der Waals surface area contributed by atoms with Gasteiger partial charge in [-0.3, -0.25) is 14.4 Å². The predicted molar refractivity (Wildman–Crippen MR) is 138 cm³/mol. The highest BCUT2D eigenvalue weighted by molar-refractivity contribution is 6.43. The summed E-state index contributed by atoms with van der Waals surface area (Å²) in [6.07, 6.45) is 3.07. The van der Waals surface area contributed by atoms with E-state index in [1.807, 2.05) is 20.8 Å². The standard InChI is InChI=1S/C31H48O5/c1-14(2)15(3)24(33)25(34)16(4)18-9-10-19-17-13-21(32)22-23-26(35)27(36)28(29(23,5)6)31(22,8)20(17)11-12-30(18,19)7/h14-20,22-25,28,33-34H,9-13H2,1-8H3/t15-,16-,17-,18+,19-,20-,22-,23?,24+,25+,28?,30+,31+/m0/s1. The second kappa shape index (κ2) is 8.21. The van der Waals surface area contributed by atoms with Gasteiger partial charge in [0.2, 0.25) is 11.6 Å². The Morgan fingerprint density at radius 1 is 0.806 bits per heavy atom. The topological polar surface area (TPSA) is 91.7 Å². The van der Waals surface area contributed by atoms with Crippen LogP contribution in [0.15, 0.2) is 0 Å². The molecule has 0 amide bonds. The van der Waals surface area contributed by atoms with Crippen molar-refractivity contribution in [1.82, 2.24) is 0 Å². The Kier molecular flexibility index (Phi) is 6.05. The Morgan fingerprint density at radius 3 is 2.06 bits per heavy atom. The van der Waals surface area contributed by atoms with Gasteiger partial charge in [0, 0.05) is 24.2 Å². The Balaban J connectivity index is 1.44. The van der Waals surface area contributed by atoms with Crippen LogP contribution in [0.5, 0.6) is 0 Å². The average Bonchev–Trinajstić information content (AvgIpc) is 3.31. The lowest BCUT2D eigenvalue weighted by Crippen LogP contribution is -2.60. The molecule has 2 bridgehead atoms. The molecule has 5 heteroatoms. The van der Waals surface area contributed by atoms with Crippen LogP contribution in [-0.2, 0) is 14.4 Å². The number of fused-ring (bicyclic) bond motifs is 9. The van der Waals surface area contributed by atoms with E-state index in [0.717, 1.165) is 25.7 Å². The molecule has 36 heavy (non-hydrogen) atoms. The molecule has 5 rings (SSSR count). The van der Waals surface area contributed by atoms with E-state index in [1.54, 1.807) is 0 Å². The molecule has 0 aromatic heterocycles. The van der Waals surface area contributed by atoms with Crippen molar-refractivity contribution in [1.29, 1.82) is 0 Å². The molecule has 0 saturated heterocycles. The first kappa shape index (κ1) is 26.5. The maximum Gasteiger partial charge on any atom is 0.203 e. The fourth-order valence-corrected chi connectivity index (χ4v) is 11.2. The highest BCUT2D eigenvalue weighted by Crippen LogP contribution is 2.75. The highest BCUT2D eigenvalue weighted by atomic mass is 16.3. The second-order valence-corrected chi connectivity index (χ2v) is 15.0. The number of hydrogen-bond acceptors (Lipinski definition) is 5. The molecule has 0 aliphatic heterocycles. The third-order valence-electron chi connectivity index (χ3n) is 13.2. The van der Waals surface area contributed by atoms with Crippen molar-refractivity contribution in [3.8, 4) is 0 Å². The number of ketones is 3. The molecule has 5 aliphatic rings. The number of rotatable bonds is 5. The fraction of sp³-hybridized carbons (Fsp3) is 0.903. The average molecular weight is 501 g/mol. The molecule has 5 aliphatic carbocycles. The Hall–Kier alpha value is -1.07. The van der Waals surface area contributed by atoms with Crippen molar-refractivity contribution < 1.29 is 24.6 Å². The SMILES string of the molecule is CC(C)[C@H](C)[C@@H](O)[C@H](O)[C@@H](C)[C@H]1CC[C@H]2[C@@H]3CC(=O)[C@H]4C5C(=O)C(=O)C(C5(C)C)[C@]4(C)[C@H]3CC[C@]12C. The summed E-state index contributed by atoms with van der Waals surface area (Å²) in [5.74, 6) is 0.105. The molecule has 0 heterocycles. The molecule has 2 N–H and O–H groups in total. The quantitative estimate of drug-likeness (QED) is 0.533. The molecule has 0 aromatic carbocycles. The minimum atomic E-state index is -0.759. The maximum atomic E-state index is 13.8. The maximum absolute atomic E-state index is 13.8. The van der Waals surface area contributed by atoms with Gasteiger partial charge in [0.05, 0.1) is 12.2 Å². The Morgan fingerprint density at radius 2 is 1.44 bits per heavy atom. The number of hydrogen-bond donors (Lipinski definition) is 2. The Bertz CT molecular complexity index is 968. The summed E-state index contributed by atoms with van der Waals surface area (Å²) in [5.41, 5.74) is -0.857. The smallest absolute Gasteiger partial charge is 0.203 e. The van der Waals surface area contributed by atoms with Crippen molar-refractivity contribution in [3.63, 3.8) is 0 Å². The fourth-order valence-electron chi connectivity index (χ4n) is 11.2. The molecule has 13 atom stereocenters. The number of aliphatic hydroxyl groups excluding tert-OH is 2. The van der Waals surface area contributed by atoms with Gasteiger partial charge in [-0.1, -0.05) is 55.4 Å². The zero-order chi connectivity index (χ0) is 26.7. The predicted octanol–water partition coefficient (Wildman–Crippen LogP) is 4.71. The summed E-state index contributed by atoms with van der Waals surface area (Å²) in [6, 6.07) is 0. The van der Waals surface area contributed by atoms with E-state index in [9.17, 15) is 24.6 Å². The first-order valence-electron chi connectivity index (χ1n) is 14.6. The molecule has 5 nitrogen and oxygen atoms in total.